The highest BCUT2D eigenvalue weighted by molar-refractivity contribution is 8.48. The van der Waals surface area contributed by atoms with Crippen molar-refractivity contribution in [3.8, 4) is 0 Å². The van der Waals surface area contributed by atoms with Crippen LogP contribution in [0, 0.1) is 0 Å². The van der Waals surface area contributed by atoms with Crippen LogP contribution in [0.5, 0.6) is 0 Å². The molecule has 2 atom stereocenters. The standard InChI is InChI=1S/C4H13BO2PS2/c1-5-10(2,7-8)4-6-3-9/h9H,3-4,8H2,1-2H3. The van der Waals surface area contributed by atoms with Gasteiger partial charge in [-0.1, -0.05) is 6.82 Å². The molecule has 0 saturated carbocycles. The average Bonchev–Trinajstić information content (AvgIpc) is 2.00. The lowest BCUT2D eigenvalue weighted by molar-refractivity contribution is 0.236. The van der Waals surface area contributed by atoms with Crippen molar-refractivity contribution in [1.82, 2.24) is 0 Å². The second-order valence-electron chi connectivity index (χ2n) is 1.85. The molecule has 2 nitrogen and oxygen atoms in total. The quantitative estimate of drug-likeness (QED) is 0.314. The first-order chi connectivity index (χ1) is 4.68. The van der Waals surface area contributed by atoms with Gasteiger partial charge in [0.15, 0.2) is 0 Å². The Morgan fingerprint density at radius 2 is 2.30 bits per heavy atom. The van der Waals surface area contributed by atoms with Gasteiger partial charge in [0.2, 0.25) is 6.56 Å². The van der Waals surface area contributed by atoms with Gasteiger partial charge in [-0.2, -0.15) is 22.8 Å². The number of thiol groups is 1. The molecule has 0 bridgehead atoms. The predicted molar refractivity (Wildman–Crippen MR) is 55.7 cm³/mol. The van der Waals surface area contributed by atoms with Crippen molar-refractivity contribution in [2.45, 2.75) is 6.82 Å². The van der Waals surface area contributed by atoms with Crippen molar-refractivity contribution in [3.63, 3.8) is 0 Å². The summed E-state index contributed by atoms with van der Waals surface area (Å²) in [5.41, 5.74) is 0. The van der Waals surface area contributed by atoms with Crippen LogP contribution in [-0.4, -0.2) is 24.7 Å². The van der Waals surface area contributed by atoms with E-state index in [0.717, 1.165) is 0 Å². The Labute approximate surface area is 72.8 Å². The normalized spacial score (nSPS) is 19.6. The monoisotopic (exact) mass is 199 g/mol. The lowest BCUT2D eigenvalue weighted by Gasteiger charge is -2.31. The van der Waals surface area contributed by atoms with Gasteiger partial charge in [-0.25, -0.2) is 0 Å². The molecule has 0 saturated heterocycles. The van der Waals surface area contributed by atoms with Gasteiger partial charge in [-0.3, -0.25) is 0 Å². The zero-order valence-corrected chi connectivity index (χ0v) is 9.11. The van der Waals surface area contributed by atoms with Gasteiger partial charge in [0.05, 0.1) is 11.9 Å². The van der Waals surface area contributed by atoms with Crippen LogP contribution in [0.1, 0.15) is 0 Å². The summed E-state index contributed by atoms with van der Waals surface area (Å²) in [6.07, 6.45) is 2.03. The topological polar surface area (TPSA) is 18.5 Å². The molecule has 0 aromatic carbocycles. The Kier molecular flexibility index (Phi) is 6.36. The summed E-state index contributed by atoms with van der Waals surface area (Å²) >= 11 is 3.93. The van der Waals surface area contributed by atoms with Gasteiger partial charge in [-0.15, -0.1) is 0 Å². The molecule has 0 spiro atoms. The molecular formula is C4H13BO2PS2. The van der Waals surface area contributed by atoms with Gasteiger partial charge in [0.1, 0.15) is 0 Å². The largest absolute Gasteiger partial charge is 0.361 e. The minimum absolute atomic E-state index is 0.449. The van der Waals surface area contributed by atoms with Crippen LogP contribution in [0.2, 0.25) is 6.82 Å². The van der Waals surface area contributed by atoms with Gasteiger partial charge in [0, 0.05) is 9.47 Å². The Bertz CT molecular complexity index is 91.3. The lowest BCUT2D eigenvalue weighted by Crippen LogP contribution is -2.10. The van der Waals surface area contributed by atoms with Crippen LogP contribution in [0.4, 0.5) is 0 Å². The summed E-state index contributed by atoms with van der Waals surface area (Å²) in [4.78, 5) is 0. The average molecular weight is 199 g/mol. The molecule has 6 heteroatoms. The first-order valence-electron chi connectivity index (χ1n) is 2.81. The Morgan fingerprint density at radius 1 is 1.70 bits per heavy atom. The fourth-order valence-electron chi connectivity index (χ4n) is 0.354. The zero-order chi connectivity index (χ0) is 8.04. The van der Waals surface area contributed by atoms with E-state index in [0.29, 0.717) is 11.9 Å². The molecule has 0 amide bonds. The van der Waals surface area contributed by atoms with Crippen LogP contribution in [0.25, 0.3) is 0 Å². The van der Waals surface area contributed by atoms with Crippen molar-refractivity contribution in [1.29, 1.82) is 0 Å². The second kappa shape index (κ2) is 5.73. The van der Waals surface area contributed by atoms with Gasteiger partial charge in [-0.05, 0) is 6.26 Å². The van der Waals surface area contributed by atoms with E-state index >= 15 is 0 Å². The molecule has 0 N–H and O–H groups in total. The molecule has 0 aliphatic carbocycles. The van der Waals surface area contributed by atoms with Gasteiger partial charge < -0.3 is 8.71 Å². The summed E-state index contributed by atoms with van der Waals surface area (Å²) in [5, 5.41) is 0. The fraction of sp³-hybridized carbons (Fsp3) is 1.00. The Hall–Kier alpha value is 1.11. The van der Waals surface area contributed by atoms with Crippen molar-refractivity contribution in [2.75, 3.05) is 18.1 Å². The molecule has 61 valence electrons. The first-order valence-corrected chi connectivity index (χ1v) is 6.11. The third-order valence-electron chi connectivity index (χ3n) is 1.13. The zero-order valence-electron chi connectivity index (χ0n) is 6.24. The molecule has 1 radical (unpaired) electrons. The third kappa shape index (κ3) is 4.09. The SMILES string of the molecule is C[B]S(C)(COCS)OP. The minimum atomic E-state index is -1.11. The Morgan fingerprint density at radius 3 is 2.60 bits per heavy atom. The molecule has 0 aliphatic heterocycles. The highest BCUT2D eigenvalue weighted by Gasteiger charge is 2.15. The van der Waals surface area contributed by atoms with Crippen LogP contribution in [0.3, 0.4) is 0 Å². The van der Waals surface area contributed by atoms with Crippen molar-refractivity contribution >= 4 is 38.8 Å². The molecular weight excluding hydrogens is 186 g/mol. The molecule has 0 heterocycles. The second-order valence-corrected chi connectivity index (χ2v) is 5.73. The van der Waals surface area contributed by atoms with Gasteiger partial charge >= 0.3 is 0 Å². The molecule has 10 heavy (non-hydrogen) atoms. The molecule has 0 rings (SSSR count). The van der Waals surface area contributed by atoms with Crippen molar-refractivity contribution in [3.05, 3.63) is 0 Å². The molecule has 0 aliphatic rings. The molecule has 0 fully saturated rings. The summed E-state index contributed by atoms with van der Waals surface area (Å²) in [6.45, 7) is 4.00. The number of hydrogen-bond donors (Lipinski definition) is 1. The van der Waals surface area contributed by atoms with E-state index < -0.39 is 10.2 Å². The van der Waals surface area contributed by atoms with E-state index in [4.69, 9.17) is 8.71 Å². The maximum Gasteiger partial charge on any atom is 0.202 e. The number of rotatable bonds is 5. The summed E-state index contributed by atoms with van der Waals surface area (Å²) in [5.74, 6) is 1.07. The minimum Gasteiger partial charge on any atom is -0.361 e. The van der Waals surface area contributed by atoms with Crippen LogP contribution in [-0.2, 0) is 8.71 Å². The van der Waals surface area contributed by atoms with E-state index in [9.17, 15) is 0 Å². The third-order valence-corrected chi connectivity index (χ3v) is 4.70. The van der Waals surface area contributed by atoms with E-state index in [-0.39, 0.29) is 0 Å². The van der Waals surface area contributed by atoms with Crippen molar-refractivity contribution in [2.24, 2.45) is 0 Å². The summed E-state index contributed by atoms with van der Waals surface area (Å²) < 4.78 is 10.3. The van der Waals surface area contributed by atoms with Crippen molar-refractivity contribution < 1.29 is 8.71 Å². The Balaban J connectivity index is 3.58. The highest BCUT2D eigenvalue weighted by Crippen LogP contribution is 2.45. The number of ether oxygens (including phenoxy) is 1. The fourth-order valence-corrected chi connectivity index (χ4v) is 1.79. The van der Waals surface area contributed by atoms with Crippen LogP contribution >= 0.6 is 32.3 Å². The molecule has 0 aromatic heterocycles. The van der Waals surface area contributed by atoms with Crippen LogP contribution < -0.4 is 0 Å². The summed E-state index contributed by atoms with van der Waals surface area (Å²) in [7, 11) is 1.15. The summed E-state index contributed by atoms with van der Waals surface area (Å²) in [6, 6.07) is 0. The molecule has 0 aromatic rings. The van der Waals surface area contributed by atoms with E-state index in [1.54, 1.807) is 0 Å². The highest BCUT2D eigenvalue weighted by atomic mass is 32.3. The smallest absolute Gasteiger partial charge is 0.202 e. The van der Waals surface area contributed by atoms with E-state index in [2.05, 4.69) is 22.1 Å². The van der Waals surface area contributed by atoms with Gasteiger partial charge in [0.25, 0.3) is 0 Å². The van der Waals surface area contributed by atoms with Crippen LogP contribution in [0.15, 0.2) is 0 Å². The first kappa shape index (κ1) is 11.1. The van der Waals surface area contributed by atoms with E-state index in [1.807, 2.05) is 19.6 Å². The number of hydrogen-bond acceptors (Lipinski definition) is 3. The van der Waals surface area contributed by atoms with E-state index in [1.165, 1.54) is 0 Å². The maximum atomic E-state index is 5.17. The lowest BCUT2D eigenvalue weighted by atomic mass is 10.2. The predicted octanol–water partition coefficient (Wildman–Crippen LogP) is 1.67. The molecule has 2 unspecified atom stereocenters. The maximum absolute atomic E-state index is 5.17.